The topological polar surface area (TPSA) is 68.5 Å². The standard InChI is InChI=1S/C21H19FN4O2S/c1-13-18(11-12-23-20(27)16-5-3-4-6-17(16)28-2)29-21-24-19(25-26(13)21)14-7-9-15(22)10-8-14/h3-10H,11-12H2,1-2H3,(H,23,27). The van der Waals surface area contributed by atoms with Gasteiger partial charge < -0.3 is 10.1 Å². The van der Waals surface area contributed by atoms with E-state index in [9.17, 15) is 9.18 Å². The Balaban J connectivity index is 1.45. The van der Waals surface area contributed by atoms with Gasteiger partial charge in [0.05, 0.1) is 18.4 Å². The molecule has 0 unspecified atom stereocenters. The fourth-order valence-corrected chi connectivity index (χ4v) is 4.11. The molecule has 29 heavy (non-hydrogen) atoms. The molecule has 0 saturated heterocycles. The summed E-state index contributed by atoms with van der Waals surface area (Å²) in [5, 5.41) is 7.47. The van der Waals surface area contributed by atoms with Gasteiger partial charge in [0.1, 0.15) is 11.6 Å². The second kappa shape index (κ2) is 8.00. The molecule has 1 amide bonds. The number of para-hydroxylation sites is 1. The average molecular weight is 410 g/mol. The van der Waals surface area contributed by atoms with Crippen LogP contribution < -0.4 is 10.1 Å². The molecule has 0 radical (unpaired) electrons. The smallest absolute Gasteiger partial charge is 0.255 e. The van der Waals surface area contributed by atoms with Crippen molar-refractivity contribution in [1.29, 1.82) is 0 Å². The van der Waals surface area contributed by atoms with Crippen LogP contribution in [0.15, 0.2) is 48.5 Å². The Morgan fingerprint density at radius 3 is 2.69 bits per heavy atom. The number of ether oxygens (including phenoxy) is 1. The SMILES string of the molecule is COc1ccccc1C(=O)NCCc1sc2nc(-c3ccc(F)cc3)nn2c1C. The molecule has 0 aliphatic heterocycles. The van der Waals surface area contributed by atoms with Gasteiger partial charge in [-0.1, -0.05) is 23.5 Å². The predicted molar refractivity (Wildman–Crippen MR) is 110 cm³/mol. The van der Waals surface area contributed by atoms with E-state index in [2.05, 4.69) is 15.4 Å². The highest BCUT2D eigenvalue weighted by Gasteiger charge is 2.15. The summed E-state index contributed by atoms with van der Waals surface area (Å²) in [6, 6.07) is 13.3. The number of halogens is 1. The lowest BCUT2D eigenvalue weighted by Gasteiger charge is -2.08. The number of fused-ring (bicyclic) bond motifs is 1. The van der Waals surface area contributed by atoms with Crippen molar-refractivity contribution in [3.8, 4) is 17.1 Å². The number of amides is 1. The van der Waals surface area contributed by atoms with Crippen LogP contribution >= 0.6 is 11.3 Å². The van der Waals surface area contributed by atoms with Crippen molar-refractivity contribution in [2.75, 3.05) is 13.7 Å². The second-order valence-corrected chi connectivity index (χ2v) is 7.52. The summed E-state index contributed by atoms with van der Waals surface area (Å²) < 4.78 is 20.1. The third-order valence-electron chi connectivity index (χ3n) is 4.60. The van der Waals surface area contributed by atoms with E-state index in [0.29, 0.717) is 30.1 Å². The summed E-state index contributed by atoms with van der Waals surface area (Å²) >= 11 is 1.54. The van der Waals surface area contributed by atoms with Crippen LogP contribution in [-0.2, 0) is 6.42 Å². The number of thiazole rings is 1. The number of aryl methyl sites for hydroxylation is 1. The molecule has 0 aliphatic carbocycles. The molecule has 2 aromatic heterocycles. The fourth-order valence-electron chi connectivity index (χ4n) is 3.05. The van der Waals surface area contributed by atoms with Gasteiger partial charge in [-0.25, -0.2) is 8.91 Å². The zero-order valence-electron chi connectivity index (χ0n) is 16.0. The van der Waals surface area contributed by atoms with E-state index < -0.39 is 0 Å². The van der Waals surface area contributed by atoms with Gasteiger partial charge in [-0.3, -0.25) is 4.79 Å². The van der Waals surface area contributed by atoms with E-state index in [0.717, 1.165) is 21.1 Å². The Labute approximate surface area is 171 Å². The maximum atomic E-state index is 13.1. The first kappa shape index (κ1) is 19.1. The average Bonchev–Trinajstić information content (AvgIpc) is 3.28. The lowest BCUT2D eigenvalue weighted by molar-refractivity contribution is 0.0951. The molecule has 8 heteroatoms. The zero-order chi connectivity index (χ0) is 20.4. The molecule has 0 saturated carbocycles. The lowest BCUT2D eigenvalue weighted by atomic mass is 10.2. The molecular weight excluding hydrogens is 391 g/mol. The Kier molecular flexibility index (Phi) is 5.26. The summed E-state index contributed by atoms with van der Waals surface area (Å²) in [7, 11) is 1.55. The van der Waals surface area contributed by atoms with E-state index >= 15 is 0 Å². The second-order valence-electron chi connectivity index (χ2n) is 6.45. The Bertz CT molecular complexity index is 1170. The van der Waals surface area contributed by atoms with Crippen molar-refractivity contribution in [2.45, 2.75) is 13.3 Å². The van der Waals surface area contributed by atoms with Gasteiger partial charge in [-0.2, -0.15) is 4.98 Å². The lowest BCUT2D eigenvalue weighted by Crippen LogP contribution is -2.26. The third kappa shape index (κ3) is 3.84. The molecule has 1 N–H and O–H groups in total. The number of hydrogen-bond acceptors (Lipinski definition) is 5. The van der Waals surface area contributed by atoms with E-state index in [4.69, 9.17) is 4.74 Å². The van der Waals surface area contributed by atoms with Crippen LogP contribution in [0, 0.1) is 12.7 Å². The van der Waals surface area contributed by atoms with Crippen LogP contribution in [0.5, 0.6) is 5.75 Å². The van der Waals surface area contributed by atoms with E-state index in [-0.39, 0.29) is 11.7 Å². The Hall–Kier alpha value is -3.26. The van der Waals surface area contributed by atoms with E-state index in [1.54, 1.807) is 42.0 Å². The summed E-state index contributed by atoms with van der Waals surface area (Å²) in [5.41, 5.74) is 2.27. The van der Waals surface area contributed by atoms with Crippen LogP contribution in [0.4, 0.5) is 4.39 Å². The number of nitrogens with zero attached hydrogens (tertiary/aromatic N) is 3. The molecule has 6 nitrogen and oxygen atoms in total. The maximum absolute atomic E-state index is 13.1. The van der Waals surface area contributed by atoms with Gasteiger partial charge >= 0.3 is 0 Å². The molecule has 2 aromatic carbocycles. The molecule has 148 valence electrons. The number of methoxy groups -OCH3 is 1. The highest BCUT2D eigenvalue weighted by Crippen LogP contribution is 2.25. The number of nitrogens with one attached hydrogen (secondary N) is 1. The van der Waals surface area contributed by atoms with Crippen LogP contribution in [0.3, 0.4) is 0 Å². The first-order chi connectivity index (χ1) is 14.1. The summed E-state index contributed by atoms with van der Waals surface area (Å²) in [4.78, 5) is 18.8. The molecule has 0 aliphatic rings. The van der Waals surface area contributed by atoms with Gasteiger partial charge in [-0.05, 0) is 43.3 Å². The monoisotopic (exact) mass is 410 g/mol. The highest BCUT2D eigenvalue weighted by molar-refractivity contribution is 7.17. The third-order valence-corrected chi connectivity index (χ3v) is 5.80. The van der Waals surface area contributed by atoms with Gasteiger partial charge in [0, 0.05) is 23.4 Å². The van der Waals surface area contributed by atoms with Crippen molar-refractivity contribution in [3.05, 3.63) is 70.5 Å². The van der Waals surface area contributed by atoms with Crippen LogP contribution in [-0.4, -0.2) is 34.2 Å². The first-order valence-electron chi connectivity index (χ1n) is 9.09. The van der Waals surface area contributed by atoms with Gasteiger partial charge in [0.15, 0.2) is 5.82 Å². The molecule has 4 rings (SSSR count). The van der Waals surface area contributed by atoms with Gasteiger partial charge in [0.25, 0.3) is 5.91 Å². The van der Waals surface area contributed by atoms with E-state index in [1.165, 1.54) is 23.5 Å². The summed E-state index contributed by atoms with van der Waals surface area (Å²) in [6.45, 7) is 2.47. The minimum atomic E-state index is -0.289. The predicted octanol–water partition coefficient (Wildman–Crippen LogP) is 3.89. The van der Waals surface area contributed by atoms with E-state index in [1.807, 2.05) is 13.0 Å². The van der Waals surface area contributed by atoms with Crippen molar-refractivity contribution in [1.82, 2.24) is 19.9 Å². The fraction of sp³-hybridized carbons (Fsp3) is 0.190. The summed E-state index contributed by atoms with van der Waals surface area (Å²) in [6.07, 6.45) is 0.675. The van der Waals surface area contributed by atoms with Gasteiger partial charge in [0.2, 0.25) is 4.96 Å². The van der Waals surface area contributed by atoms with Crippen LogP contribution in [0.2, 0.25) is 0 Å². The van der Waals surface area contributed by atoms with Crippen molar-refractivity contribution in [2.24, 2.45) is 0 Å². The molecule has 0 bridgehead atoms. The zero-order valence-corrected chi connectivity index (χ0v) is 16.8. The van der Waals surface area contributed by atoms with Gasteiger partial charge in [-0.15, -0.1) is 5.10 Å². The Morgan fingerprint density at radius 1 is 1.21 bits per heavy atom. The van der Waals surface area contributed by atoms with Crippen molar-refractivity contribution in [3.63, 3.8) is 0 Å². The number of benzene rings is 2. The molecule has 0 fully saturated rings. The molecule has 2 heterocycles. The molecule has 4 aromatic rings. The highest BCUT2D eigenvalue weighted by atomic mass is 32.1. The molecule has 0 spiro atoms. The van der Waals surface area contributed by atoms with Crippen LogP contribution in [0.25, 0.3) is 16.3 Å². The quantitative estimate of drug-likeness (QED) is 0.524. The number of aromatic nitrogens is 3. The number of hydrogen-bond donors (Lipinski definition) is 1. The molecular formula is C21H19FN4O2S. The summed E-state index contributed by atoms with van der Waals surface area (Å²) in [5.74, 6) is 0.658. The Morgan fingerprint density at radius 2 is 1.97 bits per heavy atom. The minimum Gasteiger partial charge on any atom is -0.496 e. The van der Waals surface area contributed by atoms with Crippen molar-refractivity contribution < 1.29 is 13.9 Å². The number of rotatable bonds is 6. The normalized spacial score (nSPS) is 11.0. The number of carbonyl (C=O) groups is 1. The van der Waals surface area contributed by atoms with Crippen LogP contribution in [0.1, 0.15) is 20.9 Å². The number of carbonyl (C=O) groups excluding carboxylic acids is 1. The maximum Gasteiger partial charge on any atom is 0.255 e. The van der Waals surface area contributed by atoms with Crippen molar-refractivity contribution >= 4 is 22.2 Å². The largest absolute Gasteiger partial charge is 0.496 e. The first-order valence-corrected chi connectivity index (χ1v) is 9.90. The molecule has 0 atom stereocenters. The minimum absolute atomic E-state index is 0.168.